The van der Waals surface area contributed by atoms with Gasteiger partial charge in [-0.05, 0) is 24.1 Å². The van der Waals surface area contributed by atoms with E-state index in [2.05, 4.69) is 17.2 Å². The number of nitrogens with zero attached hydrogens (tertiary/aromatic N) is 3. The average molecular weight is 387 g/mol. The Labute approximate surface area is 161 Å². The van der Waals surface area contributed by atoms with Gasteiger partial charge in [0.15, 0.2) is 11.5 Å². The molecule has 3 aliphatic rings. The molecule has 1 atom stereocenters. The van der Waals surface area contributed by atoms with Gasteiger partial charge < -0.3 is 19.1 Å². The maximum absolute atomic E-state index is 13.0. The van der Waals surface area contributed by atoms with Gasteiger partial charge in [0.05, 0.1) is 12.8 Å². The summed E-state index contributed by atoms with van der Waals surface area (Å²) in [6.07, 6.45) is 3.48. The summed E-state index contributed by atoms with van der Waals surface area (Å²) in [6, 6.07) is 6.15. The van der Waals surface area contributed by atoms with Gasteiger partial charge in [0, 0.05) is 37.1 Å². The average Bonchev–Trinajstić information content (AvgIpc) is 3.27. The number of aromatic nitrogens is 2. The lowest BCUT2D eigenvalue weighted by Gasteiger charge is -2.21. The fourth-order valence-corrected chi connectivity index (χ4v) is 4.96. The predicted octanol–water partition coefficient (Wildman–Crippen LogP) is 2.71. The third kappa shape index (κ3) is 3.12. The second-order valence-electron chi connectivity index (χ2n) is 6.84. The molecule has 0 aliphatic carbocycles. The molecule has 1 aromatic heterocycles. The molecule has 0 radical (unpaired) electrons. The summed E-state index contributed by atoms with van der Waals surface area (Å²) >= 11 is 1.89. The fraction of sp³-hybridized carbons (Fsp3) is 0.474. The lowest BCUT2D eigenvalue weighted by molar-refractivity contribution is 0.0759. The monoisotopic (exact) mass is 387 g/mol. The summed E-state index contributed by atoms with van der Waals surface area (Å²) < 4.78 is 18.4. The van der Waals surface area contributed by atoms with Crippen LogP contribution in [0.15, 0.2) is 24.4 Å². The molecule has 8 heteroatoms. The number of amides is 1. The van der Waals surface area contributed by atoms with E-state index < -0.39 is 0 Å². The molecular formula is C19H21N3O4S. The molecule has 1 fully saturated rings. The molecule has 0 spiro atoms. The van der Waals surface area contributed by atoms with Crippen LogP contribution in [-0.4, -0.2) is 52.8 Å². The third-order valence-electron chi connectivity index (χ3n) is 5.17. The van der Waals surface area contributed by atoms with Crippen LogP contribution in [-0.2, 0) is 6.54 Å². The summed E-state index contributed by atoms with van der Waals surface area (Å²) in [6.45, 7) is 3.19. The maximum Gasteiger partial charge on any atom is 0.261 e. The van der Waals surface area contributed by atoms with Gasteiger partial charge in [0.2, 0.25) is 12.7 Å². The smallest absolute Gasteiger partial charge is 0.261 e. The number of aryl methyl sites for hydroxylation is 1. The zero-order valence-electron chi connectivity index (χ0n) is 14.9. The highest BCUT2D eigenvalue weighted by atomic mass is 32.2. The van der Waals surface area contributed by atoms with Crippen molar-refractivity contribution in [1.29, 1.82) is 0 Å². The molecule has 142 valence electrons. The van der Waals surface area contributed by atoms with Crippen LogP contribution in [0, 0.1) is 0 Å². The van der Waals surface area contributed by atoms with E-state index in [1.165, 1.54) is 5.56 Å². The van der Waals surface area contributed by atoms with Crippen molar-refractivity contribution in [2.24, 2.45) is 0 Å². The fourth-order valence-electron chi connectivity index (χ4n) is 3.74. The molecule has 0 bridgehead atoms. The minimum atomic E-state index is 0.0186. The normalized spacial score (nSPS) is 21.3. The largest absolute Gasteiger partial charge is 0.477 e. The predicted molar refractivity (Wildman–Crippen MR) is 101 cm³/mol. The van der Waals surface area contributed by atoms with E-state index in [9.17, 15) is 4.79 Å². The summed E-state index contributed by atoms with van der Waals surface area (Å²) in [4.78, 5) is 15.0. The van der Waals surface area contributed by atoms with Crippen LogP contribution in [0.4, 0.5) is 0 Å². The first kappa shape index (κ1) is 16.8. The standard InChI is InChI=1S/C19H21N3O4S/c23-18(14-11-20-22-5-1-8-24-19(14)22)21-6-4-17(27-9-7-21)13-2-3-15-16(10-13)26-12-25-15/h2-3,10-11,17H,1,4-9,12H2. The Hall–Kier alpha value is -2.35. The van der Waals surface area contributed by atoms with Gasteiger partial charge in [0.1, 0.15) is 5.56 Å². The van der Waals surface area contributed by atoms with E-state index in [1.807, 2.05) is 22.7 Å². The Morgan fingerprint density at radius 1 is 1.15 bits per heavy atom. The van der Waals surface area contributed by atoms with Gasteiger partial charge in [-0.15, -0.1) is 0 Å². The number of thioether (sulfide) groups is 1. The highest BCUT2D eigenvalue weighted by Crippen LogP contribution is 2.40. The minimum absolute atomic E-state index is 0.0186. The van der Waals surface area contributed by atoms with Crippen LogP contribution in [0.25, 0.3) is 0 Å². The Balaban J connectivity index is 1.30. The molecule has 7 nitrogen and oxygen atoms in total. The summed E-state index contributed by atoms with van der Waals surface area (Å²) in [5, 5.41) is 4.65. The van der Waals surface area contributed by atoms with E-state index in [0.717, 1.165) is 49.7 Å². The maximum atomic E-state index is 13.0. The van der Waals surface area contributed by atoms with Gasteiger partial charge >= 0.3 is 0 Å². The summed E-state index contributed by atoms with van der Waals surface area (Å²) in [5.74, 6) is 3.16. The van der Waals surface area contributed by atoms with E-state index in [0.29, 0.717) is 23.3 Å². The Kier molecular flexibility index (Phi) is 4.35. The van der Waals surface area contributed by atoms with Gasteiger partial charge in [0.25, 0.3) is 5.91 Å². The van der Waals surface area contributed by atoms with Crippen molar-refractivity contribution < 1.29 is 19.0 Å². The molecule has 0 saturated carbocycles. The van der Waals surface area contributed by atoms with Crippen molar-refractivity contribution in [2.45, 2.75) is 24.6 Å². The number of rotatable bonds is 2. The lowest BCUT2D eigenvalue weighted by atomic mass is 10.1. The molecule has 1 aromatic carbocycles. The number of hydrogen-bond donors (Lipinski definition) is 0. The molecule has 1 saturated heterocycles. The van der Waals surface area contributed by atoms with Crippen molar-refractivity contribution >= 4 is 17.7 Å². The number of benzene rings is 1. The van der Waals surface area contributed by atoms with Crippen molar-refractivity contribution in [3.63, 3.8) is 0 Å². The van der Waals surface area contributed by atoms with E-state index in [4.69, 9.17) is 14.2 Å². The van der Waals surface area contributed by atoms with Gasteiger partial charge in [-0.3, -0.25) is 4.79 Å². The highest BCUT2D eigenvalue weighted by Gasteiger charge is 2.28. The van der Waals surface area contributed by atoms with Gasteiger partial charge in [-0.25, -0.2) is 4.68 Å². The van der Waals surface area contributed by atoms with Crippen LogP contribution in [0.3, 0.4) is 0 Å². The van der Waals surface area contributed by atoms with E-state index >= 15 is 0 Å². The second-order valence-corrected chi connectivity index (χ2v) is 8.15. The topological polar surface area (TPSA) is 65.8 Å². The molecule has 2 aromatic rings. The molecule has 1 amide bonds. The first-order valence-electron chi connectivity index (χ1n) is 9.28. The Bertz CT molecular complexity index is 869. The third-order valence-corrected chi connectivity index (χ3v) is 6.50. The summed E-state index contributed by atoms with van der Waals surface area (Å²) in [5.41, 5.74) is 1.81. The van der Waals surface area contributed by atoms with Crippen molar-refractivity contribution in [3.8, 4) is 17.4 Å². The highest BCUT2D eigenvalue weighted by molar-refractivity contribution is 7.99. The quantitative estimate of drug-likeness (QED) is 0.789. The molecule has 0 N–H and O–H groups in total. The van der Waals surface area contributed by atoms with E-state index in [-0.39, 0.29) is 12.7 Å². The number of carbonyl (C=O) groups excluding carboxylic acids is 1. The molecule has 1 unspecified atom stereocenters. The van der Waals surface area contributed by atoms with Crippen molar-refractivity contribution in [3.05, 3.63) is 35.5 Å². The molecular weight excluding hydrogens is 366 g/mol. The van der Waals surface area contributed by atoms with Crippen LogP contribution in [0.5, 0.6) is 17.4 Å². The Morgan fingerprint density at radius 2 is 2.07 bits per heavy atom. The number of ether oxygens (including phenoxy) is 3. The summed E-state index contributed by atoms with van der Waals surface area (Å²) in [7, 11) is 0. The molecule has 5 rings (SSSR count). The SMILES string of the molecule is O=C(c1cnn2c1OCCC2)N1CCSC(c2ccc3c(c2)OCO3)CC1. The lowest BCUT2D eigenvalue weighted by Crippen LogP contribution is -2.33. The first-order valence-corrected chi connectivity index (χ1v) is 10.3. The van der Waals surface area contributed by atoms with Crippen molar-refractivity contribution in [2.75, 3.05) is 32.2 Å². The number of carbonyl (C=O) groups is 1. The first-order chi connectivity index (χ1) is 13.3. The zero-order chi connectivity index (χ0) is 18.2. The van der Waals surface area contributed by atoms with Crippen LogP contribution in [0.1, 0.15) is 34.0 Å². The zero-order valence-corrected chi connectivity index (χ0v) is 15.7. The molecule has 3 aliphatic heterocycles. The second kappa shape index (κ2) is 6.99. The number of hydrogen-bond acceptors (Lipinski definition) is 6. The van der Waals surface area contributed by atoms with E-state index in [1.54, 1.807) is 10.9 Å². The van der Waals surface area contributed by atoms with Crippen LogP contribution < -0.4 is 14.2 Å². The minimum Gasteiger partial charge on any atom is -0.477 e. The van der Waals surface area contributed by atoms with Crippen LogP contribution >= 0.6 is 11.8 Å². The number of fused-ring (bicyclic) bond motifs is 2. The molecule has 27 heavy (non-hydrogen) atoms. The van der Waals surface area contributed by atoms with Gasteiger partial charge in [-0.1, -0.05) is 6.07 Å². The van der Waals surface area contributed by atoms with Gasteiger partial charge in [-0.2, -0.15) is 16.9 Å². The Morgan fingerprint density at radius 3 is 3.04 bits per heavy atom. The molecule has 4 heterocycles. The van der Waals surface area contributed by atoms with Crippen molar-refractivity contribution in [1.82, 2.24) is 14.7 Å². The van der Waals surface area contributed by atoms with Crippen LogP contribution in [0.2, 0.25) is 0 Å².